The van der Waals surface area contributed by atoms with Crippen molar-refractivity contribution in [3.8, 4) is 11.3 Å². The minimum absolute atomic E-state index is 0.0322. The van der Waals surface area contributed by atoms with Gasteiger partial charge in [-0.1, -0.05) is 29.8 Å². The second-order valence-corrected chi connectivity index (χ2v) is 9.03. The number of aryl methyl sites for hydroxylation is 1. The summed E-state index contributed by atoms with van der Waals surface area (Å²) in [7, 11) is 0. The third-order valence-corrected chi connectivity index (χ3v) is 6.12. The van der Waals surface area contributed by atoms with E-state index in [1.54, 1.807) is 42.5 Å². The molecule has 1 heterocycles. The molecule has 0 aliphatic heterocycles. The van der Waals surface area contributed by atoms with Crippen LogP contribution in [0.15, 0.2) is 54.6 Å². The highest BCUT2D eigenvalue weighted by atomic mass is 35.5. The molecule has 34 heavy (non-hydrogen) atoms. The Bertz CT molecular complexity index is 1240. The lowest BCUT2D eigenvalue weighted by Gasteiger charge is -2.36. The molecule has 9 heteroatoms. The monoisotopic (exact) mass is 487 g/mol. The van der Waals surface area contributed by atoms with Crippen molar-refractivity contribution in [1.82, 2.24) is 10.2 Å². The quantitative estimate of drug-likeness (QED) is 0.425. The van der Waals surface area contributed by atoms with Gasteiger partial charge in [0.2, 0.25) is 0 Å². The number of ketones is 2. The average molecular weight is 488 g/mol. The molecule has 1 aliphatic rings. The van der Waals surface area contributed by atoms with E-state index in [1.807, 2.05) is 6.07 Å². The van der Waals surface area contributed by atoms with E-state index in [-0.39, 0.29) is 18.4 Å². The first-order valence-electron chi connectivity index (χ1n) is 10.7. The highest BCUT2D eigenvalue weighted by Crippen LogP contribution is 2.46. The van der Waals surface area contributed by atoms with Crippen LogP contribution in [0, 0.1) is 5.41 Å². The van der Waals surface area contributed by atoms with E-state index in [2.05, 4.69) is 15.5 Å². The first-order valence-corrected chi connectivity index (χ1v) is 11.0. The molecule has 5 nitrogen and oxygen atoms in total. The van der Waals surface area contributed by atoms with Gasteiger partial charge in [0.15, 0.2) is 11.6 Å². The minimum atomic E-state index is -4.54. The number of anilines is 2. The van der Waals surface area contributed by atoms with Gasteiger partial charge in [-0.25, -0.2) is 0 Å². The summed E-state index contributed by atoms with van der Waals surface area (Å²) >= 11 is 5.99. The molecule has 0 saturated heterocycles. The van der Waals surface area contributed by atoms with E-state index in [0.717, 1.165) is 5.69 Å². The Morgan fingerprint density at radius 2 is 1.91 bits per heavy atom. The van der Waals surface area contributed by atoms with Crippen LogP contribution in [0.3, 0.4) is 0 Å². The summed E-state index contributed by atoms with van der Waals surface area (Å²) in [6.45, 7) is 1.22. The number of alkyl halides is 3. The summed E-state index contributed by atoms with van der Waals surface area (Å²) in [4.78, 5) is 24.9. The average Bonchev–Trinajstić information content (AvgIpc) is 2.75. The largest absolute Gasteiger partial charge is 0.390 e. The molecule has 2 aromatic carbocycles. The second-order valence-electron chi connectivity index (χ2n) is 8.59. The normalized spacial score (nSPS) is 17.9. The van der Waals surface area contributed by atoms with Crippen LogP contribution in [0.4, 0.5) is 24.7 Å². The molecule has 0 saturated carbocycles. The van der Waals surface area contributed by atoms with Crippen LogP contribution in [-0.4, -0.2) is 27.9 Å². The number of rotatable bonds is 6. The Morgan fingerprint density at radius 1 is 1.12 bits per heavy atom. The first-order chi connectivity index (χ1) is 16.0. The van der Waals surface area contributed by atoms with Crippen LogP contribution >= 0.6 is 11.6 Å². The molecular formula is C25H21ClF3N3O2. The van der Waals surface area contributed by atoms with Crippen molar-refractivity contribution in [1.29, 1.82) is 0 Å². The molecule has 0 radical (unpaired) electrons. The number of nitrogens with one attached hydrogen (secondary N) is 1. The predicted molar refractivity (Wildman–Crippen MR) is 123 cm³/mol. The Labute approximate surface area is 199 Å². The third-order valence-electron chi connectivity index (χ3n) is 5.89. The number of halogens is 4. The summed E-state index contributed by atoms with van der Waals surface area (Å²) < 4.78 is 39.8. The molecule has 176 valence electrons. The fourth-order valence-electron chi connectivity index (χ4n) is 4.48. The van der Waals surface area contributed by atoms with Gasteiger partial charge in [-0.3, -0.25) is 9.59 Å². The standard InChI is InChI=1S/C25H21ClF3N3O2/c1-15(33)13-24(14-25(27,28)29)10-9-16-11-17(5-6-20(16)23(24)34)21-7-8-22(32-31-21)30-19-4-2-3-18(26)12-19/h2-8,11-12H,9-10,13-14H2,1H3,(H,30,32)/t24-/m1/s1. The van der Waals surface area contributed by atoms with Gasteiger partial charge in [0.05, 0.1) is 12.1 Å². The Morgan fingerprint density at radius 3 is 2.56 bits per heavy atom. The van der Waals surface area contributed by atoms with Gasteiger partial charge in [0.1, 0.15) is 5.78 Å². The maximum absolute atomic E-state index is 13.3. The van der Waals surface area contributed by atoms with Gasteiger partial charge in [0, 0.05) is 33.7 Å². The molecule has 1 atom stereocenters. The zero-order valence-corrected chi connectivity index (χ0v) is 19.0. The minimum Gasteiger partial charge on any atom is -0.339 e. The van der Waals surface area contributed by atoms with Gasteiger partial charge >= 0.3 is 6.18 Å². The zero-order chi connectivity index (χ0) is 24.5. The molecule has 1 aliphatic carbocycles. The molecule has 0 unspecified atom stereocenters. The van der Waals surface area contributed by atoms with Crippen LogP contribution in [-0.2, 0) is 11.2 Å². The summed E-state index contributed by atoms with van der Waals surface area (Å²) in [5.74, 6) is -0.542. The smallest absolute Gasteiger partial charge is 0.339 e. The van der Waals surface area contributed by atoms with Crippen molar-refractivity contribution < 1.29 is 22.8 Å². The summed E-state index contributed by atoms with van der Waals surface area (Å²) in [5.41, 5.74) is 1.15. The fourth-order valence-corrected chi connectivity index (χ4v) is 4.67. The van der Waals surface area contributed by atoms with Gasteiger partial charge < -0.3 is 5.32 Å². The molecule has 4 rings (SSSR count). The maximum atomic E-state index is 13.3. The number of nitrogens with zero attached hydrogens (tertiary/aromatic N) is 2. The number of fused-ring (bicyclic) bond motifs is 1. The van der Waals surface area contributed by atoms with E-state index >= 15 is 0 Å². The number of carbonyl (C=O) groups is 2. The highest BCUT2D eigenvalue weighted by molar-refractivity contribution is 6.30. The lowest BCUT2D eigenvalue weighted by atomic mass is 9.65. The summed E-state index contributed by atoms with van der Waals surface area (Å²) in [6.07, 6.45) is -6.03. The van der Waals surface area contributed by atoms with Crippen molar-refractivity contribution in [3.63, 3.8) is 0 Å². The van der Waals surface area contributed by atoms with Gasteiger partial charge in [-0.05, 0) is 61.7 Å². The molecule has 1 N–H and O–H groups in total. The van der Waals surface area contributed by atoms with E-state index < -0.39 is 36.0 Å². The van der Waals surface area contributed by atoms with E-state index in [9.17, 15) is 22.8 Å². The number of carbonyl (C=O) groups excluding carboxylic acids is 2. The van der Waals surface area contributed by atoms with Crippen LogP contribution in [0.25, 0.3) is 11.3 Å². The Kier molecular flexibility index (Phi) is 6.45. The van der Waals surface area contributed by atoms with Crippen molar-refractivity contribution in [2.24, 2.45) is 5.41 Å². The van der Waals surface area contributed by atoms with Gasteiger partial charge in [0.25, 0.3) is 0 Å². The summed E-state index contributed by atoms with van der Waals surface area (Å²) in [5, 5.41) is 12.1. The molecule has 0 fully saturated rings. The van der Waals surface area contributed by atoms with E-state index in [4.69, 9.17) is 11.6 Å². The fraction of sp³-hybridized carbons (Fsp3) is 0.280. The topological polar surface area (TPSA) is 72.0 Å². The van der Waals surface area contributed by atoms with Gasteiger partial charge in [-0.2, -0.15) is 13.2 Å². The van der Waals surface area contributed by atoms with Crippen molar-refractivity contribution in [2.45, 2.75) is 38.8 Å². The van der Waals surface area contributed by atoms with Crippen molar-refractivity contribution >= 4 is 34.7 Å². The van der Waals surface area contributed by atoms with Crippen LogP contribution in [0.2, 0.25) is 5.02 Å². The zero-order valence-electron chi connectivity index (χ0n) is 18.2. The van der Waals surface area contributed by atoms with E-state index in [1.165, 1.54) is 13.0 Å². The third kappa shape index (κ3) is 5.28. The van der Waals surface area contributed by atoms with Crippen molar-refractivity contribution in [2.75, 3.05) is 5.32 Å². The number of hydrogen-bond donors (Lipinski definition) is 1. The maximum Gasteiger partial charge on any atom is 0.390 e. The number of hydrogen-bond acceptors (Lipinski definition) is 5. The molecule has 1 aromatic heterocycles. The molecule has 0 bridgehead atoms. The van der Waals surface area contributed by atoms with Crippen LogP contribution in [0.1, 0.15) is 42.1 Å². The number of aromatic nitrogens is 2. The lowest BCUT2D eigenvalue weighted by Crippen LogP contribution is -2.41. The molecule has 0 amide bonds. The Balaban J connectivity index is 1.57. The number of Topliss-reactive ketones (excluding diaryl/α,β-unsaturated/α-hetero) is 2. The summed E-state index contributed by atoms with van der Waals surface area (Å²) in [6, 6.07) is 15.6. The predicted octanol–water partition coefficient (Wildman–Crippen LogP) is 6.59. The number of benzene rings is 2. The second kappa shape index (κ2) is 9.18. The van der Waals surface area contributed by atoms with E-state index in [0.29, 0.717) is 27.7 Å². The van der Waals surface area contributed by atoms with Gasteiger partial charge in [-0.15, -0.1) is 10.2 Å². The molecular weight excluding hydrogens is 467 g/mol. The molecule has 0 spiro atoms. The Hall–Kier alpha value is -3.26. The van der Waals surface area contributed by atoms with Crippen LogP contribution in [0.5, 0.6) is 0 Å². The van der Waals surface area contributed by atoms with Crippen LogP contribution < -0.4 is 5.32 Å². The SMILES string of the molecule is CC(=O)C[C@@]1(CC(F)(F)F)CCc2cc(-c3ccc(Nc4cccc(Cl)c4)nn3)ccc2C1=O. The molecule has 3 aromatic rings. The highest BCUT2D eigenvalue weighted by Gasteiger charge is 2.50. The van der Waals surface area contributed by atoms with Crippen molar-refractivity contribution in [3.05, 3.63) is 70.7 Å². The first kappa shape index (κ1) is 23.9. The lowest BCUT2D eigenvalue weighted by molar-refractivity contribution is -0.156.